The van der Waals surface area contributed by atoms with Gasteiger partial charge in [0.05, 0.1) is 0 Å². The lowest BCUT2D eigenvalue weighted by Gasteiger charge is -2.29. The summed E-state index contributed by atoms with van der Waals surface area (Å²) in [5.41, 5.74) is 2.91. The summed E-state index contributed by atoms with van der Waals surface area (Å²) in [4.78, 5) is 19.3. The normalized spacial score (nSPS) is 15.1. The van der Waals surface area contributed by atoms with E-state index in [-0.39, 0.29) is 11.8 Å². The number of carbonyl (C=O) groups excluding carboxylic acids is 1. The Bertz CT molecular complexity index is 1120. The minimum Gasteiger partial charge on any atom is -0.440 e. The molecule has 146 valence electrons. The maximum absolute atomic E-state index is 12.8. The van der Waals surface area contributed by atoms with Crippen LogP contribution < -0.4 is 0 Å². The van der Waals surface area contributed by atoms with Gasteiger partial charge in [-0.15, -0.1) is 0 Å². The van der Waals surface area contributed by atoms with E-state index in [2.05, 4.69) is 26.1 Å². The molecule has 0 N–H and O–H groups in total. The molecule has 0 unspecified atom stereocenters. The summed E-state index contributed by atoms with van der Waals surface area (Å²) in [6.45, 7) is 1.28. The van der Waals surface area contributed by atoms with E-state index in [1.165, 1.54) is 0 Å². The van der Waals surface area contributed by atoms with Crippen LogP contribution in [0.15, 0.2) is 68.0 Å². The van der Waals surface area contributed by atoms with Gasteiger partial charge in [0.15, 0.2) is 22.9 Å². The second-order valence-electron chi connectivity index (χ2n) is 7.17. The Morgan fingerprint density at radius 2 is 1.83 bits per heavy atom. The van der Waals surface area contributed by atoms with Gasteiger partial charge >= 0.3 is 0 Å². The van der Waals surface area contributed by atoms with Crippen LogP contribution in [0.25, 0.3) is 22.4 Å². The molecule has 5 rings (SSSR count). The molecule has 1 fully saturated rings. The molecule has 1 saturated heterocycles. The Hall–Kier alpha value is -2.93. The van der Waals surface area contributed by atoms with Gasteiger partial charge in [0.25, 0.3) is 5.91 Å². The van der Waals surface area contributed by atoms with Crippen LogP contribution in [0.3, 0.4) is 0 Å². The van der Waals surface area contributed by atoms with Crippen molar-refractivity contribution in [3.8, 4) is 11.3 Å². The fourth-order valence-corrected chi connectivity index (χ4v) is 3.95. The summed E-state index contributed by atoms with van der Waals surface area (Å²) in [6.07, 6.45) is 1.63. The highest BCUT2D eigenvalue weighted by molar-refractivity contribution is 9.10. The van der Waals surface area contributed by atoms with E-state index in [1.807, 2.05) is 53.4 Å². The summed E-state index contributed by atoms with van der Waals surface area (Å²) in [7, 11) is 0. The molecular formula is C22H18BrN3O3. The van der Waals surface area contributed by atoms with Crippen molar-refractivity contribution in [2.75, 3.05) is 13.1 Å². The minimum absolute atomic E-state index is 0.104. The first-order chi connectivity index (χ1) is 14.2. The van der Waals surface area contributed by atoms with Crippen molar-refractivity contribution >= 4 is 32.9 Å². The van der Waals surface area contributed by atoms with Gasteiger partial charge in [-0.2, -0.15) is 0 Å². The molecule has 7 heteroatoms. The quantitative estimate of drug-likeness (QED) is 0.424. The highest BCUT2D eigenvalue weighted by Crippen LogP contribution is 2.31. The molecule has 3 heterocycles. The Labute approximate surface area is 175 Å². The monoisotopic (exact) mass is 451 g/mol. The molecule has 0 radical (unpaired) electrons. The Morgan fingerprint density at radius 3 is 2.59 bits per heavy atom. The van der Waals surface area contributed by atoms with Crippen LogP contribution in [0.1, 0.15) is 35.1 Å². The smallest absolute Gasteiger partial charge is 0.276 e. The van der Waals surface area contributed by atoms with Gasteiger partial charge in [0, 0.05) is 35.1 Å². The van der Waals surface area contributed by atoms with Crippen molar-refractivity contribution in [2.45, 2.75) is 18.8 Å². The molecule has 1 aliphatic heterocycles. The van der Waals surface area contributed by atoms with Crippen LogP contribution in [-0.4, -0.2) is 34.0 Å². The first-order valence-electron chi connectivity index (χ1n) is 9.55. The summed E-state index contributed by atoms with van der Waals surface area (Å²) in [5.74, 6) is 1.47. The number of benzene rings is 2. The highest BCUT2D eigenvalue weighted by Gasteiger charge is 2.29. The zero-order valence-corrected chi connectivity index (χ0v) is 17.1. The number of hydrogen-bond donors (Lipinski definition) is 0. The number of aromatic nitrogens is 2. The Balaban J connectivity index is 1.26. The lowest BCUT2D eigenvalue weighted by atomic mass is 9.96. The van der Waals surface area contributed by atoms with Crippen LogP contribution in [-0.2, 0) is 0 Å². The molecule has 0 aliphatic carbocycles. The average molecular weight is 452 g/mol. The number of oxazole rings is 1. The maximum atomic E-state index is 12.8. The number of piperidine rings is 1. The highest BCUT2D eigenvalue weighted by atomic mass is 79.9. The Kier molecular flexibility index (Phi) is 4.67. The molecular weight excluding hydrogens is 434 g/mol. The molecule has 29 heavy (non-hydrogen) atoms. The SMILES string of the molecule is O=C(c1cc(-c2ccc(Br)cc2)on1)N1CCC(c2nc3ccccc3o2)CC1. The fraction of sp³-hybridized carbons (Fsp3) is 0.227. The van der Waals surface area contributed by atoms with Crippen molar-refractivity contribution in [2.24, 2.45) is 0 Å². The second-order valence-corrected chi connectivity index (χ2v) is 8.09. The number of likely N-dealkylation sites (tertiary alicyclic amines) is 1. The number of nitrogens with zero attached hydrogens (tertiary/aromatic N) is 3. The second kappa shape index (κ2) is 7.48. The molecule has 2 aromatic carbocycles. The van der Waals surface area contributed by atoms with E-state index in [0.717, 1.165) is 39.9 Å². The maximum Gasteiger partial charge on any atom is 0.276 e. The van der Waals surface area contributed by atoms with Gasteiger partial charge in [0.2, 0.25) is 0 Å². The topological polar surface area (TPSA) is 72.4 Å². The van der Waals surface area contributed by atoms with E-state index in [9.17, 15) is 4.79 Å². The standard InChI is InChI=1S/C22H18BrN3O3/c23-16-7-5-14(6-8-16)20-13-18(25-29-20)22(27)26-11-9-15(10-12-26)21-24-17-3-1-2-4-19(17)28-21/h1-8,13,15H,9-12H2. The Morgan fingerprint density at radius 1 is 1.07 bits per heavy atom. The van der Waals surface area contributed by atoms with Gasteiger partial charge in [-0.25, -0.2) is 4.98 Å². The molecule has 6 nitrogen and oxygen atoms in total. The van der Waals surface area contributed by atoms with E-state index >= 15 is 0 Å². The summed E-state index contributed by atoms with van der Waals surface area (Å²) < 4.78 is 12.3. The summed E-state index contributed by atoms with van der Waals surface area (Å²) in [6, 6.07) is 17.2. The first kappa shape index (κ1) is 18.1. The third-order valence-corrected chi connectivity index (χ3v) is 5.83. The van der Waals surface area contributed by atoms with Crippen LogP contribution in [0, 0.1) is 0 Å². The number of amides is 1. The third-order valence-electron chi connectivity index (χ3n) is 5.30. The van der Waals surface area contributed by atoms with Crippen molar-refractivity contribution < 1.29 is 13.7 Å². The molecule has 2 aromatic heterocycles. The van der Waals surface area contributed by atoms with Crippen molar-refractivity contribution in [1.82, 2.24) is 15.0 Å². The van der Waals surface area contributed by atoms with Crippen molar-refractivity contribution in [3.63, 3.8) is 0 Å². The molecule has 0 atom stereocenters. The number of fused-ring (bicyclic) bond motifs is 1. The van der Waals surface area contributed by atoms with E-state index in [4.69, 9.17) is 8.94 Å². The van der Waals surface area contributed by atoms with Gasteiger partial charge < -0.3 is 13.8 Å². The fourth-order valence-electron chi connectivity index (χ4n) is 3.68. The van der Waals surface area contributed by atoms with E-state index in [0.29, 0.717) is 24.5 Å². The number of rotatable bonds is 3. The summed E-state index contributed by atoms with van der Waals surface area (Å²) in [5, 5.41) is 3.99. The van der Waals surface area contributed by atoms with E-state index in [1.54, 1.807) is 6.07 Å². The summed E-state index contributed by atoms with van der Waals surface area (Å²) >= 11 is 3.41. The lowest BCUT2D eigenvalue weighted by molar-refractivity contribution is 0.0696. The van der Waals surface area contributed by atoms with Gasteiger partial charge in [0.1, 0.15) is 5.52 Å². The molecule has 1 aliphatic rings. The number of hydrogen-bond acceptors (Lipinski definition) is 5. The van der Waals surface area contributed by atoms with Crippen molar-refractivity contribution in [1.29, 1.82) is 0 Å². The average Bonchev–Trinajstić information content (AvgIpc) is 3.41. The van der Waals surface area contributed by atoms with Crippen molar-refractivity contribution in [3.05, 3.63) is 70.7 Å². The van der Waals surface area contributed by atoms with Crippen LogP contribution in [0.2, 0.25) is 0 Å². The van der Waals surface area contributed by atoms with Crippen LogP contribution in [0.5, 0.6) is 0 Å². The molecule has 0 spiro atoms. The molecule has 0 bridgehead atoms. The first-order valence-corrected chi connectivity index (χ1v) is 10.3. The molecule has 4 aromatic rings. The number of para-hydroxylation sites is 2. The van der Waals surface area contributed by atoms with E-state index < -0.39 is 0 Å². The van der Waals surface area contributed by atoms with Gasteiger partial charge in [-0.1, -0.05) is 45.4 Å². The predicted octanol–water partition coefficient (Wildman–Crippen LogP) is 5.27. The minimum atomic E-state index is -0.104. The lowest BCUT2D eigenvalue weighted by Crippen LogP contribution is -2.38. The molecule has 0 saturated carbocycles. The van der Waals surface area contributed by atoms with Crippen LogP contribution >= 0.6 is 15.9 Å². The van der Waals surface area contributed by atoms with Gasteiger partial charge in [-0.3, -0.25) is 4.79 Å². The predicted molar refractivity (Wildman–Crippen MR) is 112 cm³/mol. The zero-order valence-electron chi connectivity index (χ0n) is 15.5. The van der Waals surface area contributed by atoms with Gasteiger partial charge in [-0.05, 0) is 37.1 Å². The van der Waals surface area contributed by atoms with Crippen LogP contribution in [0.4, 0.5) is 0 Å². The number of halogens is 1. The largest absolute Gasteiger partial charge is 0.440 e. The third kappa shape index (κ3) is 3.58. The molecule has 1 amide bonds. The zero-order chi connectivity index (χ0) is 19.8. The number of carbonyl (C=O) groups is 1.